The van der Waals surface area contributed by atoms with Crippen LogP contribution in [0.1, 0.15) is 40.2 Å². The molecular formula is C26H26N4O2. The number of carbonyl (C=O) groups is 1. The van der Waals surface area contributed by atoms with Crippen LogP contribution in [0.2, 0.25) is 0 Å². The fraction of sp³-hybridized carbons (Fsp3) is 0.269. The van der Waals surface area contributed by atoms with E-state index in [0.717, 1.165) is 35.0 Å². The minimum absolute atomic E-state index is 0.240. The van der Waals surface area contributed by atoms with Crippen molar-refractivity contribution in [3.63, 3.8) is 0 Å². The predicted octanol–water partition coefficient (Wildman–Crippen LogP) is 4.92. The summed E-state index contributed by atoms with van der Waals surface area (Å²) in [7, 11) is 0. The average molecular weight is 427 g/mol. The molecule has 0 fully saturated rings. The quantitative estimate of drug-likeness (QED) is 0.428. The maximum Gasteiger partial charge on any atom is 0.273 e. The highest BCUT2D eigenvalue weighted by molar-refractivity contribution is 5.94. The molecule has 1 aliphatic carbocycles. The number of pyridine rings is 1. The van der Waals surface area contributed by atoms with Crippen LogP contribution in [-0.4, -0.2) is 29.1 Å². The lowest BCUT2D eigenvalue weighted by Crippen LogP contribution is -2.29. The van der Waals surface area contributed by atoms with Crippen LogP contribution in [0.5, 0.6) is 0 Å². The van der Waals surface area contributed by atoms with Crippen molar-refractivity contribution in [2.45, 2.75) is 32.6 Å². The zero-order valence-electron chi connectivity index (χ0n) is 18.1. The molecule has 0 atom stereocenters. The SMILES string of the molecule is Cc1ccc(-c2cc(C(=O)NCCNc3c4c(nc5ccccc35)CCCC4)no2)cc1. The summed E-state index contributed by atoms with van der Waals surface area (Å²) in [6, 6.07) is 17.9. The smallest absolute Gasteiger partial charge is 0.273 e. The monoisotopic (exact) mass is 426 g/mol. The molecule has 32 heavy (non-hydrogen) atoms. The van der Waals surface area contributed by atoms with Crippen molar-refractivity contribution >= 4 is 22.5 Å². The minimum Gasteiger partial charge on any atom is -0.382 e. The molecule has 0 radical (unpaired) electrons. The Balaban J connectivity index is 1.24. The van der Waals surface area contributed by atoms with Crippen LogP contribution in [0, 0.1) is 6.92 Å². The first-order chi connectivity index (χ1) is 15.7. The molecule has 0 spiro atoms. The van der Waals surface area contributed by atoms with Crippen molar-refractivity contribution in [2.24, 2.45) is 0 Å². The third kappa shape index (κ3) is 4.08. The van der Waals surface area contributed by atoms with Gasteiger partial charge < -0.3 is 15.2 Å². The lowest BCUT2D eigenvalue weighted by atomic mass is 9.92. The van der Waals surface area contributed by atoms with Crippen LogP contribution >= 0.6 is 0 Å². The Morgan fingerprint density at radius 1 is 1.03 bits per heavy atom. The van der Waals surface area contributed by atoms with E-state index in [1.165, 1.54) is 29.7 Å². The van der Waals surface area contributed by atoms with Gasteiger partial charge in [0, 0.05) is 41.5 Å². The molecule has 5 rings (SSSR count). The first-order valence-corrected chi connectivity index (χ1v) is 11.2. The third-order valence-corrected chi connectivity index (χ3v) is 5.96. The van der Waals surface area contributed by atoms with Gasteiger partial charge in [-0.05, 0) is 44.2 Å². The molecule has 0 unspecified atom stereocenters. The summed E-state index contributed by atoms with van der Waals surface area (Å²) in [4.78, 5) is 17.4. The van der Waals surface area contributed by atoms with Gasteiger partial charge in [-0.1, -0.05) is 53.2 Å². The molecule has 4 aromatic rings. The molecule has 2 aromatic heterocycles. The number of hydrogen-bond acceptors (Lipinski definition) is 5. The fourth-order valence-corrected chi connectivity index (χ4v) is 4.26. The predicted molar refractivity (Wildman–Crippen MR) is 126 cm³/mol. The molecule has 6 heteroatoms. The van der Waals surface area contributed by atoms with E-state index in [9.17, 15) is 4.79 Å². The Labute approximate surface area is 187 Å². The first kappa shape index (κ1) is 20.2. The minimum atomic E-state index is -0.240. The molecule has 2 N–H and O–H groups in total. The number of benzene rings is 2. The lowest BCUT2D eigenvalue weighted by molar-refractivity contribution is 0.0946. The van der Waals surface area contributed by atoms with Crippen LogP contribution < -0.4 is 10.6 Å². The molecule has 0 aliphatic heterocycles. The van der Waals surface area contributed by atoms with E-state index < -0.39 is 0 Å². The van der Waals surface area contributed by atoms with Gasteiger partial charge in [0.2, 0.25) is 0 Å². The second kappa shape index (κ2) is 8.83. The summed E-state index contributed by atoms with van der Waals surface area (Å²) < 4.78 is 5.36. The Hall–Kier alpha value is -3.67. The van der Waals surface area contributed by atoms with Crippen LogP contribution in [-0.2, 0) is 12.8 Å². The summed E-state index contributed by atoms with van der Waals surface area (Å²) in [6.07, 6.45) is 4.45. The fourth-order valence-electron chi connectivity index (χ4n) is 4.26. The van der Waals surface area contributed by atoms with E-state index in [1.54, 1.807) is 6.07 Å². The number of rotatable bonds is 6. The lowest BCUT2D eigenvalue weighted by Gasteiger charge is -2.21. The van der Waals surface area contributed by atoms with Gasteiger partial charge in [-0.15, -0.1) is 0 Å². The molecule has 0 saturated carbocycles. The average Bonchev–Trinajstić information content (AvgIpc) is 3.32. The van der Waals surface area contributed by atoms with Crippen molar-refractivity contribution in [1.82, 2.24) is 15.5 Å². The number of carbonyl (C=O) groups excluding carboxylic acids is 1. The molecule has 162 valence electrons. The Bertz CT molecular complexity index is 1260. The number of hydrogen-bond donors (Lipinski definition) is 2. The van der Waals surface area contributed by atoms with Crippen molar-refractivity contribution in [3.8, 4) is 11.3 Å². The van der Waals surface area contributed by atoms with E-state index >= 15 is 0 Å². The first-order valence-electron chi connectivity index (χ1n) is 11.2. The third-order valence-electron chi connectivity index (χ3n) is 5.96. The van der Waals surface area contributed by atoms with Crippen molar-refractivity contribution in [2.75, 3.05) is 18.4 Å². The second-order valence-corrected chi connectivity index (χ2v) is 8.26. The van der Waals surface area contributed by atoms with Gasteiger partial charge >= 0.3 is 0 Å². The second-order valence-electron chi connectivity index (χ2n) is 8.26. The summed E-state index contributed by atoms with van der Waals surface area (Å²) in [5, 5.41) is 11.6. The van der Waals surface area contributed by atoms with Crippen LogP contribution in [0.4, 0.5) is 5.69 Å². The maximum atomic E-state index is 12.5. The van der Waals surface area contributed by atoms with Crippen molar-refractivity contribution in [1.29, 1.82) is 0 Å². The maximum absolute atomic E-state index is 12.5. The van der Waals surface area contributed by atoms with E-state index in [2.05, 4.69) is 27.9 Å². The summed E-state index contributed by atoms with van der Waals surface area (Å²) in [6.45, 7) is 3.13. The van der Waals surface area contributed by atoms with Gasteiger partial charge in [0.05, 0.1) is 5.52 Å². The van der Waals surface area contributed by atoms with Crippen LogP contribution in [0.25, 0.3) is 22.2 Å². The topological polar surface area (TPSA) is 80.0 Å². The number of anilines is 1. The number of amides is 1. The Morgan fingerprint density at radius 2 is 1.84 bits per heavy atom. The molecule has 0 bridgehead atoms. The Kier molecular flexibility index (Phi) is 5.58. The number of nitrogens with zero attached hydrogens (tertiary/aromatic N) is 2. The molecular weight excluding hydrogens is 400 g/mol. The summed E-state index contributed by atoms with van der Waals surface area (Å²) >= 11 is 0. The van der Waals surface area contributed by atoms with Gasteiger partial charge in [-0.25, -0.2) is 0 Å². The zero-order chi connectivity index (χ0) is 21.9. The van der Waals surface area contributed by atoms with Gasteiger partial charge in [-0.3, -0.25) is 9.78 Å². The van der Waals surface area contributed by atoms with Crippen LogP contribution in [0.3, 0.4) is 0 Å². The zero-order valence-corrected chi connectivity index (χ0v) is 18.1. The highest BCUT2D eigenvalue weighted by atomic mass is 16.5. The summed E-state index contributed by atoms with van der Waals surface area (Å²) in [5.74, 6) is 0.346. The standard InChI is InChI=1S/C26H26N4O2/c1-17-10-12-18(13-11-17)24-16-23(30-32-24)26(31)28-15-14-27-25-19-6-2-4-8-21(19)29-22-9-5-3-7-20(22)25/h2,4,6,8,10-13,16H,3,5,7,9,14-15H2,1H3,(H,27,29)(H,28,31). The van der Waals surface area contributed by atoms with Gasteiger partial charge in [-0.2, -0.15) is 0 Å². The van der Waals surface area contributed by atoms with E-state index in [4.69, 9.17) is 9.51 Å². The number of nitrogens with one attached hydrogen (secondary N) is 2. The normalized spacial score (nSPS) is 13.0. The van der Waals surface area contributed by atoms with E-state index in [1.807, 2.05) is 43.3 Å². The van der Waals surface area contributed by atoms with Gasteiger partial charge in [0.1, 0.15) is 0 Å². The summed E-state index contributed by atoms with van der Waals surface area (Å²) in [5.41, 5.74) is 7.05. The number of aromatic nitrogens is 2. The molecule has 2 aromatic carbocycles. The highest BCUT2D eigenvalue weighted by Gasteiger charge is 2.18. The molecule has 1 aliphatic rings. The Morgan fingerprint density at radius 3 is 2.72 bits per heavy atom. The number of aryl methyl sites for hydroxylation is 2. The largest absolute Gasteiger partial charge is 0.382 e. The molecule has 1 amide bonds. The van der Waals surface area contributed by atoms with E-state index in [0.29, 0.717) is 18.8 Å². The van der Waals surface area contributed by atoms with Gasteiger partial charge in [0.25, 0.3) is 5.91 Å². The van der Waals surface area contributed by atoms with Crippen molar-refractivity contribution in [3.05, 3.63) is 77.1 Å². The number of para-hydroxylation sites is 1. The van der Waals surface area contributed by atoms with Crippen LogP contribution in [0.15, 0.2) is 59.1 Å². The molecule has 2 heterocycles. The van der Waals surface area contributed by atoms with E-state index in [-0.39, 0.29) is 11.6 Å². The van der Waals surface area contributed by atoms with Crippen molar-refractivity contribution < 1.29 is 9.32 Å². The molecule has 6 nitrogen and oxygen atoms in total. The van der Waals surface area contributed by atoms with Gasteiger partial charge in [0.15, 0.2) is 11.5 Å². The number of fused-ring (bicyclic) bond motifs is 2. The molecule has 0 saturated heterocycles. The highest BCUT2D eigenvalue weighted by Crippen LogP contribution is 2.33.